The molecule has 1 aromatic heterocycles. The van der Waals surface area contributed by atoms with E-state index in [-0.39, 0.29) is 17.1 Å². The van der Waals surface area contributed by atoms with Crippen LogP contribution in [0, 0.1) is 5.82 Å². The minimum Gasteiger partial charge on any atom is -0.483 e. The van der Waals surface area contributed by atoms with Crippen LogP contribution in [0.3, 0.4) is 0 Å². The van der Waals surface area contributed by atoms with Gasteiger partial charge in [-0.1, -0.05) is 11.6 Å². The lowest BCUT2D eigenvalue weighted by Gasteiger charge is -2.35. The number of hydrogen-bond donors (Lipinski definition) is 2. The lowest BCUT2D eigenvalue weighted by molar-refractivity contribution is -0.120. The number of benzene rings is 1. The lowest BCUT2D eigenvalue weighted by atomic mass is 10.1. The molecular weight excluding hydrogens is 467 g/mol. The van der Waals surface area contributed by atoms with Crippen LogP contribution in [0.1, 0.15) is 17.3 Å². The topological polar surface area (TPSA) is 91.0 Å². The number of thiophene rings is 1. The van der Waals surface area contributed by atoms with Gasteiger partial charge in [-0.3, -0.25) is 4.79 Å². The quantitative estimate of drug-likeness (QED) is 0.622. The zero-order valence-electron chi connectivity index (χ0n) is 17.3. The molecule has 1 aliphatic rings. The first-order chi connectivity index (χ1) is 14.6. The van der Waals surface area contributed by atoms with Crippen molar-refractivity contribution in [3.63, 3.8) is 0 Å². The molecule has 1 aliphatic heterocycles. The van der Waals surface area contributed by atoms with Crippen molar-refractivity contribution < 1.29 is 22.3 Å². The van der Waals surface area contributed by atoms with Crippen molar-refractivity contribution in [2.45, 2.75) is 18.5 Å². The monoisotopic (exact) mass is 490 g/mol. The summed E-state index contributed by atoms with van der Waals surface area (Å²) in [5, 5.41) is 3.15. The fourth-order valence-electron chi connectivity index (χ4n) is 3.02. The van der Waals surface area contributed by atoms with Gasteiger partial charge in [0.1, 0.15) is 18.5 Å². The van der Waals surface area contributed by atoms with Crippen molar-refractivity contribution in [2.75, 3.05) is 39.6 Å². The molecule has 0 radical (unpaired) electrons. The first kappa shape index (κ1) is 23.9. The predicted octanol–water partition coefficient (Wildman–Crippen LogP) is 2.70. The maximum atomic E-state index is 13.4. The number of carbonyl (C=O) groups excluding carboxylic acids is 1. The molecule has 1 saturated heterocycles. The molecule has 0 saturated carbocycles. The molecule has 3 rings (SSSR count). The minimum atomic E-state index is -3.88. The van der Waals surface area contributed by atoms with Crippen molar-refractivity contribution in [1.82, 2.24) is 13.9 Å². The van der Waals surface area contributed by atoms with Crippen LogP contribution in [-0.4, -0.2) is 63.9 Å². The minimum absolute atomic E-state index is 0.137. The number of ether oxygens (including phenoxy) is 1. The second kappa shape index (κ2) is 9.80. The van der Waals surface area contributed by atoms with Gasteiger partial charge in [0.15, 0.2) is 5.06 Å². The summed E-state index contributed by atoms with van der Waals surface area (Å²) in [6.07, 6.45) is 0.216. The van der Waals surface area contributed by atoms with Crippen LogP contribution >= 0.6 is 22.9 Å². The fraction of sp³-hybridized carbons (Fsp3) is 0.421. The molecule has 170 valence electrons. The summed E-state index contributed by atoms with van der Waals surface area (Å²) in [6, 6.07) is 5.82. The van der Waals surface area contributed by atoms with E-state index in [0.29, 0.717) is 11.7 Å². The Morgan fingerprint density at radius 1 is 1.39 bits per heavy atom. The van der Waals surface area contributed by atoms with Gasteiger partial charge < -0.3 is 15.0 Å². The summed E-state index contributed by atoms with van der Waals surface area (Å²) >= 11 is 7.10. The number of amides is 1. The van der Waals surface area contributed by atoms with Gasteiger partial charge >= 0.3 is 0 Å². The Bertz CT molecular complexity index is 1050. The van der Waals surface area contributed by atoms with Gasteiger partial charge in [0, 0.05) is 24.2 Å². The van der Waals surface area contributed by atoms with E-state index in [9.17, 15) is 17.6 Å². The Morgan fingerprint density at radius 3 is 2.81 bits per heavy atom. The Balaban J connectivity index is 1.73. The standard InChI is InChI=1S/C19H24ClFN4O4S2/c1-24(2)8-9-29-18-7-6-17(30-18)15-11-16(25(3)31(27,28)23-15)19(26)22-12-4-5-14(21)13(20)10-12/h4-7,10,15-16,23H,8-9,11H2,1-3H3,(H,22,26)/t15-,16+/m0/s1. The molecule has 2 atom stereocenters. The third-order valence-corrected chi connectivity index (χ3v) is 7.78. The highest BCUT2D eigenvalue weighted by atomic mass is 35.5. The molecule has 0 bridgehead atoms. The maximum absolute atomic E-state index is 13.4. The summed E-state index contributed by atoms with van der Waals surface area (Å²) < 4.78 is 47.9. The second-order valence-corrected chi connectivity index (χ2v) is 10.6. The van der Waals surface area contributed by atoms with Crippen LogP contribution in [0.4, 0.5) is 10.1 Å². The van der Waals surface area contributed by atoms with Crippen LogP contribution in [-0.2, 0) is 15.0 Å². The molecule has 1 fully saturated rings. The van der Waals surface area contributed by atoms with E-state index in [2.05, 4.69) is 10.0 Å². The molecule has 0 unspecified atom stereocenters. The molecule has 0 aliphatic carbocycles. The van der Waals surface area contributed by atoms with E-state index < -0.39 is 34.0 Å². The molecule has 31 heavy (non-hydrogen) atoms. The molecule has 0 spiro atoms. The average molecular weight is 491 g/mol. The number of rotatable bonds is 7. The number of nitrogens with one attached hydrogen (secondary N) is 2. The largest absolute Gasteiger partial charge is 0.483 e. The van der Waals surface area contributed by atoms with Gasteiger partial charge in [-0.05, 0) is 50.8 Å². The van der Waals surface area contributed by atoms with Crippen LogP contribution in [0.25, 0.3) is 0 Å². The number of halogens is 2. The van der Waals surface area contributed by atoms with Crippen molar-refractivity contribution in [3.05, 3.63) is 46.0 Å². The average Bonchev–Trinajstić information content (AvgIpc) is 3.15. The molecular formula is C19H24ClFN4O4S2. The van der Waals surface area contributed by atoms with Crippen molar-refractivity contribution in [3.8, 4) is 5.06 Å². The van der Waals surface area contributed by atoms with E-state index in [1.807, 2.05) is 19.0 Å². The normalized spacial score (nSPS) is 21.2. The summed E-state index contributed by atoms with van der Waals surface area (Å²) in [5.41, 5.74) is 0.282. The van der Waals surface area contributed by atoms with Crippen LogP contribution in [0.2, 0.25) is 5.02 Å². The molecule has 8 nitrogen and oxygen atoms in total. The summed E-state index contributed by atoms with van der Waals surface area (Å²) in [5.74, 6) is -1.14. The Hall–Kier alpha value is -1.76. The first-order valence-electron chi connectivity index (χ1n) is 9.45. The van der Waals surface area contributed by atoms with E-state index in [1.165, 1.54) is 30.5 Å². The van der Waals surface area contributed by atoms with Gasteiger partial charge in [0.25, 0.3) is 10.2 Å². The summed E-state index contributed by atoms with van der Waals surface area (Å²) in [4.78, 5) is 15.6. The van der Waals surface area contributed by atoms with Gasteiger partial charge in [-0.2, -0.15) is 17.4 Å². The van der Waals surface area contributed by atoms with E-state index in [4.69, 9.17) is 16.3 Å². The molecule has 1 aromatic carbocycles. The number of likely N-dealkylation sites (N-methyl/N-ethyl adjacent to an activating group) is 2. The third-order valence-electron chi connectivity index (χ3n) is 4.79. The number of hydrogen-bond acceptors (Lipinski definition) is 6. The Morgan fingerprint density at radius 2 is 2.13 bits per heavy atom. The maximum Gasteiger partial charge on any atom is 0.280 e. The van der Waals surface area contributed by atoms with E-state index in [1.54, 1.807) is 12.1 Å². The second-order valence-electron chi connectivity index (χ2n) is 7.37. The number of anilines is 1. The van der Waals surface area contributed by atoms with Gasteiger partial charge in [-0.15, -0.1) is 11.3 Å². The van der Waals surface area contributed by atoms with E-state index in [0.717, 1.165) is 21.8 Å². The highest BCUT2D eigenvalue weighted by Crippen LogP contribution is 2.35. The molecule has 1 amide bonds. The van der Waals surface area contributed by atoms with Crippen molar-refractivity contribution in [1.29, 1.82) is 0 Å². The van der Waals surface area contributed by atoms with Crippen LogP contribution in [0.5, 0.6) is 5.06 Å². The first-order valence-corrected chi connectivity index (χ1v) is 12.1. The Kier molecular flexibility index (Phi) is 7.55. The zero-order chi connectivity index (χ0) is 22.8. The van der Waals surface area contributed by atoms with Gasteiger partial charge in [-0.25, -0.2) is 4.39 Å². The summed E-state index contributed by atoms with van der Waals surface area (Å²) in [7, 11) is 1.35. The van der Waals surface area contributed by atoms with Gasteiger partial charge in [0.2, 0.25) is 5.91 Å². The highest BCUT2D eigenvalue weighted by Gasteiger charge is 2.41. The molecule has 2 N–H and O–H groups in total. The molecule has 12 heteroatoms. The molecule has 2 aromatic rings. The summed E-state index contributed by atoms with van der Waals surface area (Å²) in [6.45, 7) is 1.26. The van der Waals surface area contributed by atoms with Gasteiger partial charge in [0.05, 0.1) is 11.1 Å². The fourth-order valence-corrected chi connectivity index (χ4v) is 5.49. The Labute approximate surface area is 190 Å². The van der Waals surface area contributed by atoms with Crippen molar-refractivity contribution >= 4 is 44.7 Å². The highest BCUT2D eigenvalue weighted by molar-refractivity contribution is 7.87. The smallest absolute Gasteiger partial charge is 0.280 e. The van der Waals surface area contributed by atoms with Crippen molar-refractivity contribution in [2.24, 2.45) is 0 Å². The predicted molar refractivity (Wildman–Crippen MR) is 119 cm³/mol. The number of nitrogens with zero attached hydrogens (tertiary/aromatic N) is 2. The third kappa shape index (κ3) is 5.93. The van der Waals surface area contributed by atoms with Crippen LogP contribution < -0.4 is 14.8 Å². The number of carbonyl (C=O) groups is 1. The molecule has 2 heterocycles. The SMILES string of the molecule is CN(C)CCOc1ccc([C@@H]2C[C@H](C(=O)Nc3ccc(F)c(Cl)c3)N(C)S(=O)(=O)N2)s1. The van der Waals surface area contributed by atoms with E-state index >= 15 is 0 Å². The van der Waals surface area contributed by atoms with Crippen LogP contribution in [0.15, 0.2) is 30.3 Å². The lowest BCUT2D eigenvalue weighted by Crippen LogP contribution is -2.55. The zero-order valence-corrected chi connectivity index (χ0v) is 19.7.